The van der Waals surface area contributed by atoms with Gasteiger partial charge >= 0.3 is 0 Å². The van der Waals surface area contributed by atoms with Gasteiger partial charge in [-0.2, -0.15) is 0 Å². The third-order valence-corrected chi connectivity index (χ3v) is 5.68. The van der Waals surface area contributed by atoms with Crippen LogP contribution in [0.5, 0.6) is 0 Å². The van der Waals surface area contributed by atoms with E-state index in [-0.39, 0.29) is 12.0 Å². The maximum atomic E-state index is 13.0. The van der Waals surface area contributed by atoms with E-state index < -0.39 is 0 Å². The molecule has 29 heavy (non-hydrogen) atoms. The number of fused-ring (bicyclic) bond motifs is 1. The Bertz CT molecular complexity index is 1130. The van der Waals surface area contributed by atoms with Crippen molar-refractivity contribution in [3.05, 3.63) is 69.2 Å². The molecule has 0 spiro atoms. The van der Waals surface area contributed by atoms with Crippen molar-refractivity contribution in [2.24, 2.45) is 4.99 Å². The van der Waals surface area contributed by atoms with Gasteiger partial charge in [0.05, 0.1) is 11.8 Å². The van der Waals surface area contributed by atoms with Gasteiger partial charge in [-0.05, 0) is 74.2 Å². The fraction of sp³-hybridized carbons (Fsp3) is 0.304. The molecule has 1 unspecified atom stereocenters. The number of hydrogen-bond acceptors (Lipinski definition) is 4. The quantitative estimate of drug-likeness (QED) is 0.606. The maximum Gasteiger partial charge on any atom is 0.256 e. The molecule has 0 radical (unpaired) electrons. The van der Waals surface area contributed by atoms with Crippen molar-refractivity contribution in [3.63, 3.8) is 0 Å². The van der Waals surface area contributed by atoms with Gasteiger partial charge in [0.25, 0.3) is 5.91 Å². The van der Waals surface area contributed by atoms with Gasteiger partial charge in [0.1, 0.15) is 11.1 Å². The van der Waals surface area contributed by atoms with Crippen LogP contribution in [-0.2, 0) is 4.74 Å². The third-order valence-electron chi connectivity index (χ3n) is 5.19. The molecule has 0 aliphatic carbocycles. The monoisotopic (exact) mass is 454 g/mol. The molecule has 1 aromatic heterocycles. The van der Waals surface area contributed by atoms with E-state index in [1.807, 2.05) is 49.4 Å². The van der Waals surface area contributed by atoms with Crippen LogP contribution >= 0.6 is 15.9 Å². The minimum atomic E-state index is -0.214. The molecule has 1 atom stereocenters. The number of nitrogens with one attached hydrogen (secondary N) is 1. The molecule has 6 heteroatoms. The second-order valence-electron chi connectivity index (χ2n) is 7.37. The molecule has 0 bridgehead atoms. The second kappa shape index (κ2) is 8.51. The summed E-state index contributed by atoms with van der Waals surface area (Å²) in [4.78, 5) is 17.6. The van der Waals surface area contributed by atoms with Gasteiger partial charge in [-0.1, -0.05) is 22.0 Å². The third kappa shape index (κ3) is 4.60. The standard InChI is InChI=1S/C23H23BrN2O3/c1-14-5-7-18(10-15(14)2)26-23-20(22(27)25-13-19-4-3-9-28-19)12-16-11-17(24)6-8-21(16)29-23/h5-8,10-12,19H,3-4,9,13H2,1-2H3,(H,25,27). The van der Waals surface area contributed by atoms with E-state index in [9.17, 15) is 4.79 Å². The van der Waals surface area contributed by atoms with Crippen molar-refractivity contribution in [3.8, 4) is 0 Å². The van der Waals surface area contributed by atoms with Crippen LogP contribution in [-0.4, -0.2) is 25.2 Å². The fourth-order valence-electron chi connectivity index (χ4n) is 3.37. The summed E-state index contributed by atoms with van der Waals surface area (Å²) in [6, 6.07) is 13.5. The largest absolute Gasteiger partial charge is 0.438 e. The Kier molecular flexibility index (Phi) is 5.83. The summed E-state index contributed by atoms with van der Waals surface area (Å²) in [5.41, 5.74) is 4.46. The Morgan fingerprint density at radius 3 is 2.79 bits per heavy atom. The average Bonchev–Trinajstić information content (AvgIpc) is 3.22. The van der Waals surface area contributed by atoms with Crippen LogP contribution in [0.1, 0.15) is 34.3 Å². The molecule has 1 saturated heterocycles. The first-order valence-corrected chi connectivity index (χ1v) is 10.5. The van der Waals surface area contributed by atoms with Gasteiger partial charge in [-0.25, -0.2) is 4.99 Å². The van der Waals surface area contributed by atoms with Gasteiger partial charge in [-0.15, -0.1) is 0 Å². The molecule has 1 aliphatic heterocycles. The van der Waals surface area contributed by atoms with Crippen LogP contribution in [0.15, 0.2) is 56.3 Å². The van der Waals surface area contributed by atoms with Crippen molar-refractivity contribution in [1.82, 2.24) is 5.32 Å². The molecule has 1 fully saturated rings. The second-order valence-corrected chi connectivity index (χ2v) is 8.29. The zero-order valence-corrected chi connectivity index (χ0v) is 18.1. The Hall–Kier alpha value is -2.44. The number of hydrogen-bond donors (Lipinski definition) is 1. The summed E-state index contributed by atoms with van der Waals surface area (Å²) in [6.45, 7) is 5.34. The van der Waals surface area contributed by atoms with Crippen LogP contribution < -0.4 is 10.9 Å². The predicted octanol–water partition coefficient (Wildman–Crippen LogP) is 4.95. The van der Waals surface area contributed by atoms with Crippen LogP contribution in [0.4, 0.5) is 5.69 Å². The summed E-state index contributed by atoms with van der Waals surface area (Å²) in [5.74, 6) is -0.214. The average molecular weight is 455 g/mol. The van der Waals surface area contributed by atoms with Crippen LogP contribution in [0.2, 0.25) is 0 Å². The number of aryl methyl sites for hydroxylation is 2. The van der Waals surface area contributed by atoms with Gasteiger partial charge in [-0.3, -0.25) is 4.79 Å². The fourth-order valence-corrected chi connectivity index (χ4v) is 3.75. The van der Waals surface area contributed by atoms with E-state index in [1.165, 1.54) is 5.56 Å². The number of benzene rings is 2. The van der Waals surface area contributed by atoms with E-state index in [0.717, 1.165) is 40.6 Å². The summed E-state index contributed by atoms with van der Waals surface area (Å²) in [7, 11) is 0. The first-order chi connectivity index (χ1) is 14.0. The van der Waals surface area contributed by atoms with Crippen LogP contribution in [0.3, 0.4) is 0 Å². The normalized spacial score (nSPS) is 17.1. The van der Waals surface area contributed by atoms with Crippen LogP contribution in [0, 0.1) is 13.8 Å². The van der Waals surface area contributed by atoms with Crippen molar-refractivity contribution in [1.29, 1.82) is 0 Å². The van der Waals surface area contributed by atoms with E-state index in [2.05, 4.69) is 33.2 Å². The molecule has 0 saturated carbocycles. The molecule has 1 amide bonds. The lowest BCUT2D eigenvalue weighted by atomic mass is 10.1. The molecule has 1 aliphatic rings. The molecule has 3 aromatic rings. The Labute approximate surface area is 177 Å². The zero-order chi connectivity index (χ0) is 20.4. The number of ether oxygens (including phenoxy) is 1. The van der Waals surface area contributed by atoms with Gasteiger partial charge in [0.15, 0.2) is 0 Å². The topological polar surface area (TPSA) is 63.8 Å². The molecule has 1 N–H and O–H groups in total. The van der Waals surface area contributed by atoms with Crippen molar-refractivity contribution in [2.75, 3.05) is 13.2 Å². The van der Waals surface area contributed by atoms with E-state index in [4.69, 9.17) is 9.15 Å². The molecule has 2 heterocycles. The molecule has 2 aromatic carbocycles. The SMILES string of the molecule is Cc1ccc(N=c2oc3ccc(Br)cc3cc2C(=O)NCC2CCCO2)cc1C. The highest BCUT2D eigenvalue weighted by Gasteiger charge is 2.18. The van der Waals surface area contributed by atoms with Crippen molar-refractivity contribution in [2.45, 2.75) is 32.8 Å². The summed E-state index contributed by atoms with van der Waals surface area (Å²) < 4.78 is 12.6. The van der Waals surface area contributed by atoms with Gasteiger partial charge in [0.2, 0.25) is 5.55 Å². The Morgan fingerprint density at radius 1 is 1.17 bits per heavy atom. The van der Waals surface area contributed by atoms with Gasteiger partial charge in [0, 0.05) is 23.0 Å². The van der Waals surface area contributed by atoms with Crippen molar-refractivity contribution >= 4 is 38.5 Å². The lowest BCUT2D eigenvalue weighted by molar-refractivity contribution is 0.0854. The zero-order valence-electron chi connectivity index (χ0n) is 16.5. The minimum absolute atomic E-state index is 0.0747. The molecule has 4 rings (SSSR count). The number of carbonyl (C=O) groups is 1. The number of amides is 1. The lowest BCUT2D eigenvalue weighted by Crippen LogP contribution is -2.34. The lowest BCUT2D eigenvalue weighted by Gasteiger charge is -2.11. The van der Waals surface area contributed by atoms with E-state index in [1.54, 1.807) is 0 Å². The maximum absolute atomic E-state index is 13.0. The molecule has 150 valence electrons. The van der Waals surface area contributed by atoms with E-state index in [0.29, 0.717) is 23.2 Å². The summed E-state index contributed by atoms with van der Waals surface area (Å²) in [6.07, 6.45) is 2.08. The Morgan fingerprint density at radius 2 is 2.03 bits per heavy atom. The highest BCUT2D eigenvalue weighted by molar-refractivity contribution is 9.10. The molecule has 5 nitrogen and oxygen atoms in total. The Balaban J connectivity index is 1.76. The highest BCUT2D eigenvalue weighted by atomic mass is 79.9. The highest BCUT2D eigenvalue weighted by Crippen LogP contribution is 2.21. The smallest absolute Gasteiger partial charge is 0.256 e. The molecular formula is C23H23BrN2O3. The summed E-state index contributed by atoms with van der Waals surface area (Å²) >= 11 is 3.47. The minimum Gasteiger partial charge on any atom is -0.438 e. The van der Waals surface area contributed by atoms with E-state index >= 15 is 0 Å². The number of carbonyl (C=O) groups excluding carboxylic acids is 1. The number of nitrogens with zero attached hydrogens (tertiary/aromatic N) is 1. The predicted molar refractivity (Wildman–Crippen MR) is 116 cm³/mol. The van der Waals surface area contributed by atoms with Crippen LogP contribution in [0.25, 0.3) is 11.0 Å². The number of rotatable bonds is 4. The number of halogens is 1. The first-order valence-electron chi connectivity index (χ1n) is 9.75. The summed E-state index contributed by atoms with van der Waals surface area (Å²) in [5, 5.41) is 3.81. The van der Waals surface area contributed by atoms with Gasteiger partial charge < -0.3 is 14.5 Å². The molecular weight excluding hydrogens is 432 g/mol. The van der Waals surface area contributed by atoms with Crippen molar-refractivity contribution < 1.29 is 13.9 Å². The first kappa shape index (κ1) is 19.9.